The predicted octanol–water partition coefficient (Wildman–Crippen LogP) is 3.02. The normalized spacial score (nSPS) is 28.5. The van der Waals surface area contributed by atoms with Crippen LogP contribution in [0.3, 0.4) is 0 Å². The molecule has 2 atom stereocenters. The molecule has 2 aliphatic heterocycles. The first kappa shape index (κ1) is 14.8. The third kappa shape index (κ3) is 3.16. The van der Waals surface area contributed by atoms with E-state index in [1.165, 1.54) is 12.1 Å². The Kier molecular flexibility index (Phi) is 3.91. The van der Waals surface area contributed by atoms with Crippen LogP contribution in [0, 0.1) is 5.82 Å². The number of imidazole rings is 1. The summed E-state index contributed by atoms with van der Waals surface area (Å²) in [5.74, 6) is -0.175. The number of aromatic nitrogens is 2. The van der Waals surface area contributed by atoms with Crippen molar-refractivity contribution in [2.75, 3.05) is 19.7 Å². The molecule has 2 aliphatic rings. The van der Waals surface area contributed by atoms with Gasteiger partial charge in [-0.25, -0.2) is 9.37 Å². The summed E-state index contributed by atoms with van der Waals surface area (Å²) in [6, 6.07) is 7.22. The van der Waals surface area contributed by atoms with Crippen LogP contribution in [-0.4, -0.2) is 39.7 Å². The lowest BCUT2D eigenvalue weighted by molar-refractivity contribution is -0.0534. The van der Waals surface area contributed by atoms with E-state index in [2.05, 4.69) is 14.5 Å². The number of nitrogens with zero attached hydrogens (tertiary/aromatic N) is 3. The van der Waals surface area contributed by atoms with Crippen molar-refractivity contribution in [1.82, 2.24) is 14.5 Å². The first-order valence-corrected chi connectivity index (χ1v) is 8.31. The Hall–Kier alpha value is -1.72. The van der Waals surface area contributed by atoms with Crippen LogP contribution in [0.5, 0.6) is 0 Å². The monoisotopic (exact) mass is 315 g/mol. The number of piperidine rings is 1. The Labute approximate surface area is 135 Å². The highest BCUT2D eigenvalue weighted by Gasteiger charge is 2.43. The van der Waals surface area contributed by atoms with E-state index in [-0.39, 0.29) is 11.4 Å². The van der Waals surface area contributed by atoms with Crippen LogP contribution < -0.4 is 0 Å². The Morgan fingerprint density at radius 2 is 2.17 bits per heavy atom. The molecule has 23 heavy (non-hydrogen) atoms. The largest absolute Gasteiger partial charge is 0.371 e. The van der Waals surface area contributed by atoms with Crippen molar-refractivity contribution in [3.05, 3.63) is 54.4 Å². The molecule has 0 unspecified atom stereocenters. The third-order valence-electron chi connectivity index (χ3n) is 5.07. The first-order valence-electron chi connectivity index (χ1n) is 8.31. The molecule has 4 rings (SSSR count). The standard InChI is InChI=1S/C18H22FN3O/c19-16-4-2-15(3-5-16)11-21-8-1-6-18(13-21)10-17(12-23-18)22-9-7-20-14-22/h2-5,7,9,14,17H,1,6,8,10-13H2/t17-,18-/m0/s1. The lowest BCUT2D eigenvalue weighted by Gasteiger charge is -2.39. The van der Waals surface area contributed by atoms with E-state index in [4.69, 9.17) is 4.74 Å². The Bertz CT molecular complexity index is 643. The molecule has 0 radical (unpaired) electrons. The van der Waals surface area contributed by atoms with E-state index in [9.17, 15) is 4.39 Å². The molecular weight excluding hydrogens is 293 g/mol. The van der Waals surface area contributed by atoms with Crippen molar-refractivity contribution in [3.63, 3.8) is 0 Å². The summed E-state index contributed by atoms with van der Waals surface area (Å²) >= 11 is 0. The van der Waals surface area contributed by atoms with E-state index in [0.717, 1.165) is 51.1 Å². The fourth-order valence-electron chi connectivity index (χ4n) is 3.95. The Balaban J connectivity index is 1.42. The number of benzene rings is 1. The molecule has 0 aliphatic carbocycles. The van der Waals surface area contributed by atoms with Gasteiger partial charge in [-0.3, -0.25) is 4.90 Å². The molecular formula is C18H22FN3O. The zero-order valence-corrected chi connectivity index (χ0v) is 13.2. The molecule has 4 nitrogen and oxygen atoms in total. The molecule has 0 saturated carbocycles. The van der Waals surface area contributed by atoms with Crippen LogP contribution in [-0.2, 0) is 11.3 Å². The van der Waals surface area contributed by atoms with Crippen LogP contribution in [0.4, 0.5) is 4.39 Å². The van der Waals surface area contributed by atoms with E-state index in [1.54, 1.807) is 0 Å². The average molecular weight is 315 g/mol. The third-order valence-corrected chi connectivity index (χ3v) is 5.07. The summed E-state index contributed by atoms with van der Waals surface area (Å²) in [5.41, 5.74) is 1.13. The quantitative estimate of drug-likeness (QED) is 0.872. The maximum atomic E-state index is 13.0. The van der Waals surface area contributed by atoms with E-state index in [1.807, 2.05) is 30.9 Å². The van der Waals surface area contributed by atoms with Crippen molar-refractivity contribution < 1.29 is 9.13 Å². The van der Waals surface area contributed by atoms with Crippen molar-refractivity contribution >= 4 is 0 Å². The molecule has 2 fully saturated rings. The number of halogens is 1. The lowest BCUT2D eigenvalue weighted by Crippen LogP contribution is -2.47. The minimum atomic E-state index is -0.175. The van der Waals surface area contributed by atoms with E-state index in [0.29, 0.717) is 6.04 Å². The molecule has 1 aromatic carbocycles. The van der Waals surface area contributed by atoms with Gasteiger partial charge in [-0.2, -0.15) is 0 Å². The summed E-state index contributed by atoms with van der Waals surface area (Å²) < 4.78 is 21.5. The van der Waals surface area contributed by atoms with Crippen LogP contribution in [0.2, 0.25) is 0 Å². The van der Waals surface area contributed by atoms with Crippen LogP contribution in [0.1, 0.15) is 30.9 Å². The minimum absolute atomic E-state index is 0.0345. The van der Waals surface area contributed by atoms with Gasteiger partial charge in [0.2, 0.25) is 0 Å². The highest BCUT2D eigenvalue weighted by atomic mass is 19.1. The van der Waals surface area contributed by atoms with Gasteiger partial charge >= 0.3 is 0 Å². The summed E-state index contributed by atoms with van der Waals surface area (Å²) in [6.45, 7) is 3.66. The second-order valence-corrected chi connectivity index (χ2v) is 6.80. The first-order chi connectivity index (χ1) is 11.2. The molecule has 1 spiro atoms. The number of likely N-dealkylation sites (tertiary alicyclic amines) is 1. The van der Waals surface area contributed by atoms with Gasteiger partial charge in [0.05, 0.1) is 24.6 Å². The molecule has 0 amide bonds. The lowest BCUT2D eigenvalue weighted by atomic mass is 9.88. The minimum Gasteiger partial charge on any atom is -0.371 e. The van der Waals surface area contributed by atoms with Crippen molar-refractivity contribution in [1.29, 1.82) is 0 Å². The number of ether oxygens (including phenoxy) is 1. The molecule has 2 saturated heterocycles. The van der Waals surface area contributed by atoms with E-state index < -0.39 is 0 Å². The summed E-state index contributed by atoms with van der Waals surface area (Å²) in [6.07, 6.45) is 9.05. The van der Waals surface area contributed by atoms with Crippen LogP contribution in [0.25, 0.3) is 0 Å². The van der Waals surface area contributed by atoms with Gasteiger partial charge in [-0.15, -0.1) is 0 Å². The van der Waals surface area contributed by atoms with Gasteiger partial charge in [-0.05, 0) is 37.1 Å². The number of hydrogen-bond donors (Lipinski definition) is 0. The predicted molar refractivity (Wildman–Crippen MR) is 85.5 cm³/mol. The number of rotatable bonds is 3. The SMILES string of the molecule is Fc1ccc(CN2CCC[C@]3(C[C@H](n4ccnc4)CO3)C2)cc1. The molecule has 5 heteroatoms. The van der Waals surface area contributed by atoms with Gasteiger partial charge in [0.15, 0.2) is 0 Å². The number of hydrogen-bond acceptors (Lipinski definition) is 3. The van der Waals surface area contributed by atoms with Gasteiger partial charge < -0.3 is 9.30 Å². The molecule has 122 valence electrons. The van der Waals surface area contributed by atoms with Crippen molar-refractivity contribution in [2.45, 2.75) is 37.5 Å². The zero-order valence-electron chi connectivity index (χ0n) is 13.2. The fraction of sp³-hybridized carbons (Fsp3) is 0.500. The van der Waals surface area contributed by atoms with Gasteiger partial charge in [0, 0.05) is 31.9 Å². The topological polar surface area (TPSA) is 30.3 Å². The van der Waals surface area contributed by atoms with Crippen molar-refractivity contribution in [2.24, 2.45) is 0 Å². The molecule has 0 bridgehead atoms. The summed E-state index contributed by atoms with van der Waals surface area (Å²) in [7, 11) is 0. The fourth-order valence-corrected chi connectivity index (χ4v) is 3.95. The molecule has 1 aromatic heterocycles. The van der Waals surface area contributed by atoms with Gasteiger partial charge in [-0.1, -0.05) is 12.1 Å². The molecule has 0 N–H and O–H groups in total. The second-order valence-electron chi connectivity index (χ2n) is 6.80. The highest BCUT2D eigenvalue weighted by Crippen LogP contribution is 2.39. The van der Waals surface area contributed by atoms with Crippen LogP contribution >= 0.6 is 0 Å². The van der Waals surface area contributed by atoms with Crippen LogP contribution in [0.15, 0.2) is 43.0 Å². The van der Waals surface area contributed by atoms with Gasteiger partial charge in [0.25, 0.3) is 0 Å². The van der Waals surface area contributed by atoms with Crippen molar-refractivity contribution in [3.8, 4) is 0 Å². The zero-order chi connectivity index (χ0) is 15.7. The van der Waals surface area contributed by atoms with E-state index >= 15 is 0 Å². The highest BCUT2D eigenvalue weighted by molar-refractivity contribution is 5.16. The maximum absolute atomic E-state index is 13.0. The Morgan fingerprint density at radius 3 is 2.96 bits per heavy atom. The average Bonchev–Trinajstić information content (AvgIpc) is 3.20. The summed E-state index contributed by atoms with van der Waals surface area (Å²) in [5, 5.41) is 0. The molecule has 3 heterocycles. The van der Waals surface area contributed by atoms with Gasteiger partial charge in [0.1, 0.15) is 5.82 Å². The smallest absolute Gasteiger partial charge is 0.123 e. The molecule has 2 aromatic rings. The summed E-state index contributed by atoms with van der Waals surface area (Å²) in [4.78, 5) is 6.58. The maximum Gasteiger partial charge on any atom is 0.123 e. The second kappa shape index (κ2) is 6.06. The Morgan fingerprint density at radius 1 is 1.30 bits per heavy atom.